The third-order valence-electron chi connectivity index (χ3n) is 8.50. The molecule has 6 aromatic rings. The summed E-state index contributed by atoms with van der Waals surface area (Å²) >= 11 is 0. The Kier molecular flexibility index (Phi) is 7.19. The first-order chi connectivity index (χ1) is 22.3. The zero-order valence-electron chi connectivity index (χ0n) is 24.9. The van der Waals surface area contributed by atoms with Crippen molar-refractivity contribution >= 4 is 33.7 Å². The predicted octanol–water partition coefficient (Wildman–Crippen LogP) is 6.91. The molecule has 3 aromatic carbocycles. The van der Waals surface area contributed by atoms with Gasteiger partial charge in [-0.25, -0.2) is 8.78 Å². The van der Waals surface area contributed by atoms with E-state index in [-0.39, 0.29) is 16.7 Å². The first-order valence-electron chi connectivity index (χ1n) is 14.7. The summed E-state index contributed by atoms with van der Waals surface area (Å²) in [7, 11) is 1.47. The van der Waals surface area contributed by atoms with Crippen molar-refractivity contribution in [1.82, 2.24) is 20.6 Å². The second kappa shape index (κ2) is 11.4. The minimum atomic E-state index is -1.07. The lowest BCUT2D eigenvalue weighted by Gasteiger charge is -2.24. The molecule has 8 nitrogen and oxygen atoms in total. The maximum absolute atomic E-state index is 14.6. The van der Waals surface area contributed by atoms with Crippen molar-refractivity contribution in [3.05, 3.63) is 137 Å². The van der Waals surface area contributed by atoms with Crippen molar-refractivity contribution < 1.29 is 27.5 Å². The Morgan fingerprint density at radius 2 is 1.78 bits per heavy atom. The molecule has 1 unspecified atom stereocenters. The highest BCUT2D eigenvalue weighted by Crippen LogP contribution is 2.45. The van der Waals surface area contributed by atoms with Crippen molar-refractivity contribution in [2.45, 2.75) is 31.3 Å². The van der Waals surface area contributed by atoms with E-state index in [2.05, 4.69) is 15.6 Å². The van der Waals surface area contributed by atoms with Crippen LogP contribution in [0.1, 0.15) is 62.0 Å². The number of benzene rings is 3. The summed E-state index contributed by atoms with van der Waals surface area (Å²) in [6.07, 6.45) is 6.17. The fourth-order valence-corrected chi connectivity index (χ4v) is 5.84. The van der Waals surface area contributed by atoms with Gasteiger partial charge in [0.25, 0.3) is 11.8 Å². The molecule has 2 N–H and O–H groups in total. The van der Waals surface area contributed by atoms with E-state index in [0.717, 1.165) is 28.7 Å². The van der Waals surface area contributed by atoms with Gasteiger partial charge in [-0.1, -0.05) is 24.3 Å². The zero-order chi connectivity index (χ0) is 32.0. The molecular weight excluding hydrogens is 590 g/mol. The molecule has 1 aliphatic rings. The molecule has 1 atom stereocenters. The molecule has 7 rings (SSSR count). The van der Waals surface area contributed by atoms with Gasteiger partial charge in [-0.15, -0.1) is 0 Å². The number of aromatic nitrogens is 2. The van der Waals surface area contributed by atoms with Crippen LogP contribution < -0.4 is 15.4 Å². The first kappa shape index (κ1) is 29.1. The highest BCUT2D eigenvalue weighted by Gasteiger charge is 2.47. The molecule has 3 heterocycles. The van der Waals surface area contributed by atoms with Crippen LogP contribution in [-0.2, 0) is 5.54 Å². The summed E-state index contributed by atoms with van der Waals surface area (Å²) in [6, 6.07) is 18.5. The van der Waals surface area contributed by atoms with Crippen LogP contribution in [-0.4, -0.2) is 28.9 Å². The van der Waals surface area contributed by atoms with Gasteiger partial charge < -0.3 is 19.8 Å². The third kappa shape index (κ3) is 5.21. The second-order valence-electron chi connectivity index (χ2n) is 11.4. The molecule has 2 amide bonds. The van der Waals surface area contributed by atoms with Crippen LogP contribution in [0.25, 0.3) is 21.9 Å². The van der Waals surface area contributed by atoms with E-state index in [4.69, 9.17) is 14.1 Å². The number of rotatable bonds is 8. The van der Waals surface area contributed by atoms with Gasteiger partial charge in [0.15, 0.2) is 11.6 Å². The highest BCUT2D eigenvalue weighted by atomic mass is 19.2. The van der Waals surface area contributed by atoms with Crippen molar-refractivity contribution in [3.8, 4) is 5.75 Å². The Balaban J connectivity index is 1.27. The normalized spacial score (nSPS) is 14.2. The number of para-hydroxylation sites is 1. The van der Waals surface area contributed by atoms with E-state index in [1.165, 1.54) is 19.4 Å². The summed E-state index contributed by atoms with van der Waals surface area (Å²) in [4.78, 5) is 36.6. The molecule has 0 saturated heterocycles. The number of carbonyl (C=O) groups is 2. The smallest absolute Gasteiger partial charge is 0.255 e. The third-order valence-corrected chi connectivity index (χ3v) is 8.50. The van der Waals surface area contributed by atoms with Crippen molar-refractivity contribution in [3.63, 3.8) is 0 Å². The number of pyridine rings is 2. The van der Waals surface area contributed by atoms with Gasteiger partial charge in [-0.2, -0.15) is 0 Å². The monoisotopic (exact) mass is 618 g/mol. The largest absolute Gasteiger partial charge is 0.496 e. The number of methoxy groups -OCH3 is 1. The van der Waals surface area contributed by atoms with Gasteiger partial charge in [0.05, 0.1) is 41.0 Å². The van der Waals surface area contributed by atoms with Crippen LogP contribution in [0.5, 0.6) is 5.75 Å². The average Bonchev–Trinajstić information content (AvgIpc) is 3.72. The summed E-state index contributed by atoms with van der Waals surface area (Å²) in [5.41, 5.74) is 3.34. The minimum absolute atomic E-state index is 0.218. The number of fused-ring (bicyclic) bond motifs is 2. The number of halogens is 2. The van der Waals surface area contributed by atoms with E-state index < -0.39 is 35.0 Å². The Hall–Kier alpha value is -5.64. The van der Waals surface area contributed by atoms with Crippen LogP contribution in [0, 0.1) is 18.6 Å². The topological polar surface area (TPSA) is 106 Å². The predicted molar refractivity (Wildman–Crippen MR) is 168 cm³/mol. The maximum atomic E-state index is 14.6. The summed E-state index contributed by atoms with van der Waals surface area (Å²) in [5.74, 6) is -2.65. The van der Waals surface area contributed by atoms with E-state index in [1.54, 1.807) is 55.7 Å². The zero-order valence-corrected chi connectivity index (χ0v) is 24.9. The number of amides is 2. The number of furan rings is 1. The average molecular weight is 619 g/mol. The summed E-state index contributed by atoms with van der Waals surface area (Å²) < 4.78 is 39.7. The lowest BCUT2D eigenvalue weighted by Crippen LogP contribution is -2.36. The van der Waals surface area contributed by atoms with Gasteiger partial charge in [-0.05, 0) is 85.0 Å². The molecule has 1 saturated carbocycles. The van der Waals surface area contributed by atoms with Crippen molar-refractivity contribution in [2.75, 3.05) is 7.11 Å². The van der Waals surface area contributed by atoms with E-state index in [9.17, 15) is 18.4 Å². The lowest BCUT2D eigenvalue weighted by molar-refractivity contribution is 0.0925. The molecular formula is C36H28F2N4O4. The number of hydrogen-bond donors (Lipinski definition) is 2. The molecule has 0 bridgehead atoms. The molecule has 1 fully saturated rings. The number of carbonyl (C=O) groups excluding carboxylic acids is 2. The highest BCUT2D eigenvalue weighted by molar-refractivity contribution is 6.06. The first-order valence-corrected chi connectivity index (χ1v) is 14.7. The quantitative estimate of drug-likeness (QED) is 0.192. The summed E-state index contributed by atoms with van der Waals surface area (Å²) in [6.45, 7) is 1.79. The number of aryl methyl sites for hydroxylation is 1. The van der Waals surface area contributed by atoms with Crippen LogP contribution in [0.2, 0.25) is 0 Å². The number of hydrogen-bond acceptors (Lipinski definition) is 6. The van der Waals surface area contributed by atoms with Crippen molar-refractivity contribution in [2.24, 2.45) is 0 Å². The maximum Gasteiger partial charge on any atom is 0.255 e. The number of ether oxygens (including phenoxy) is 1. The standard InChI is InChI=1S/C36H28F2N4O4/c1-20-15-31(45-2)25(35(44)42-36(12-13-36)32-10-8-22-18-39-14-11-29(22)40-32)17-24(20)33(21-7-9-27(37)28(38)16-21)41-34(43)26-19-46-30-6-4-3-5-23(26)30/h3-11,14-19,33H,12-13H2,1-2H3,(H,41,43)(H,42,44). The molecule has 0 radical (unpaired) electrons. The molecule has 1 aliphatic carbocycles. The Morgan fingerprint density at radius 3 is 2.57 bits per heavy atom. The molecule has 46 heavy (non-hydrogen) atoms. The summed E-state index contributed by atoms with van der Waals surface area (Å²) in [5, 5.41) is 7.62. The van der Waals surface area contributed by atoms with E-state index in [1.807, 2.05) is 18.2 Å². The number of nitrogens with zero attached hydrogens (tertiary/aromatic N) is 2. The second-order valence-corrected chi connectivity index (χ2v) is 11.4. The minimum Gasteiger partial charge on any atom is -0.496 e. The van der Waals surface area contributed by atoms with Gasteiger partial charge in [0, 0.05) is 23.2 Å². The van der Waals surface area contributed by atoms with Gasteiger partial charge in [0.2, 0.25) is 0 Å². The number of nitrogens with one attached hydrogen (secondary N) is 2. The Bertz CT molecular complexity index is 2160. The Labute approximate surface area is 262 Å². The Morgan fingerprint density at radius 1 is 0.957 bits per heavy atom. The van der Waals surface area contributed by atoms with E-state index >= 15 is 0 Å². The van der Waals surface area contributed by atoms with Gasteiger partial charge in [-0.3, -0.25) is 19.6 Å². The molecule has 10 heteroatoms. The van der Waals surface area contributed by atoms with Crippen LogP contribution in [0.15, 0.2) is 95.9 Å². The van der Waals surface area contributed by atoms with Gasteiger partial charge >= 0.3 is 0 Å². The van der Waals surface area contributed by atoms with Gasteiger partial charge in [0.1, 0.15) is 17.6 Å². The lowest BCUT2D eigenvalue weighted by atomic mass is 9.92. The van der Waals surface area contributed by atoms with E-state index in [0.29, 0.717) is 40.7 Å². The van der Waals surface area contributed by atoms with Crippen molar-refractivity contribution in [1.29, 1.82) is 0 Å². The molecule has 0 aliphatic heterocycles. The molecule has 0 spiro atoms. The fraction of sp³-hybridized carbons (Fsp3) is 0.167. The van der Waals surface area contributed by atoms with Crippen LogP contribution >= 0.6 is 0 Å². The fourth-order valence-electron chi connectivity index (χ4n) is 5.84. The molecule has 230 valence electrons. The van der Waals surface area contributed by atoms with Crippen LogP contribution in [0.4, 0.5) is 8.78 Å². The van der Waals surface area contributed by atoms with Crippen LogP contribution in [0.3, 0.4) is 0 Å². The SMILES string of the molecule is COc1cc(C)c(C(NC(=O)c2coc3ccccc23)c2ccc(F)c(F)c2)cc1C(=O)NC1(c2ccc3cnccc3n2)CC1. The molecule has 3 aromatic heterocycles.